The van der Waals surface area contributed by atoms with Gasteiger partial charge in [-0.1, -0.05) is 36.6 Å². The summed E-state index contributed by atoms with van der Waals surface area (Å²) in [5.41, 5.74) is 1.15. The van der Waals surface area contributed by atoms with Gasteiger partial charge in [-0.25, -0.2) is 0 Å². The van der Waals surface area contributed by atoms with E-state index in [0.717, 1.165) is 17.0 Å². The summed E-state index contributed by atoms with van der Waals surface area (Å²) in [4.78, 5) is 11.7. The Hall–Kier alpha value is -1.06. The van der Waals surface area contributed by atoms with E-state index in [1.807, 2.05) is 24.3 Å². The molecule has 0 bridgehead atoms. The van der Waals surface area contributed by atoms with Crippen LogP contribution in [0.3, 0.4) is 0 Å². The average molecular weight is 281 g/mol. The minimum Gasteiger partial charge on any atom is -0.355 e. The van der Waals surface area contributed by atoms with Crippen molar-refractivity contribution >= 4 is 17.5 Å². The standard InChI is InChI=1S/C15H21ClN2O/c16-13-5-3-4-12(10-13)8-9-17-15(19)11-18-14-6-1-2-7-14/h3-5,10,14,18H,1-2,6-9,11H2,(H,17,19). The van der Waals surface area contributed by atoms with Gasteiger partial charge < -0.3 is 10.6 Å². The third-order valence-electron chi connectivity index (χ3n) is 3.53. The fourth-order valence-electron chi connectivity index (χ4n) is 2.47. The number of carbonyl (C=O) groups is 1. The second-order valence-electron chi connectivity index (χ2n) is 5.09. The van der Waals surface area contributed by atoms with E-state index in [2.05, 4.69) is 10.6 Å². The Morgan fingerprint density at radius 2 is 2.11 bits per heavy atom. The average Bonchev–Trinajstić information content (AvgIpc) is 2.89. The van der Waals surface area contributed by atoms with Crippen LogP contribution >= 0.6 is 11.6 Å². The molecule has 1 fully saturated rings. The smallest absolute Gasteiger partial charge is 0.233 e. The summed E-state index contributed by atoms with van der Waals surface area (Å²) >= 11 is 5.91. The first-order chi connectivity index (χ1) is 9.24. The number of rotatable bonds is 6. The van der Waals surface area contributed by atoms with Crippen molar-refractivity contribution in [3.8, 4) is 0 Å². The first-order valence-corrected chi connectivity index (χ1v) is 7.36. The summed E-state index contributed by atoms with van der Waals surface area (Å²) < 4.78 is 0. The minimum absolute atomic E-state index is 0.0777. The first kappa shape index (κ1) is 14.4. The van der Waals surface area contributed by atoms with Crippen molar-refractivity contribution in [2.45, 2.75) is 38.1 Å². The van der Waals surface area contributed by atoms with E-state index in [1.165, 1.54) is 25.7 Å². The van der Waals surface area contributed by atoms with Crippen LogP contribution in [0.1, 0.15) is 31.2 Å². The molecule has 2 N–H and O–H groups in total. The van der Waals surface area contributed by atoms with Crippen LogP contribution in [0.4, 0.5) is 0 Å². The maximum Gasteiger partial charge on any atom is 0.233 e. The van der Waals surface area contributed by atoms with Crippen molar-refractivity contribution in [1.82, 2.24) is 10.6 Å². The van der Waals surface area contributed by atoms with Gasteiger partial charge in [-0.3, -0.25) is 4.79 Å². The predicted octanol–water partition coefficient (Wildman–Crippen LogP) is 2.53. The molecule has 1 aliphatic carbocycles. The maximum atomic E-state index is 11.7. The van der Waals surface area contributed by atoms with Gasteiger partial charge in [-0.2, -0.15) is 0 Å². The van der Waals surface area contributed by atoms with Crippen molar-refractivity contribution in [3.63, 3.8) is 0 Å². The summed E-state index contributed by atoms with van der Waals surface area (Å²) in [7, 11) is 0. The van der Waals surface area contributed by atoms with E-state index >= 15 is 0 Å². The Morgan fingerprint density at radius 1 is 1.32 bits per heavy atom. The van der Waals surface area contributed by atoms with Gasteiger partial charge in [0.15, 0.2) is 0 Å². The minimum atomic E-state index is 0.0777. The number of hydrogen-bond donors (Lipinski definition) is 2. The Balaban J connectivity index is 1.60. The topological polar surface area (TPSA) is 41.1 Å². The fraction of sp³-hybridized carbons (Fsp3) is 0.533. The van der Waals surface area contributed by atoms with Gasteiger partial charge in [0, 0.05) is 17.6 Å². The predicted molar refractivity (Wildman–Crippen MR) is 78.4 cm³/mol. The van der Waals surface area contributed by atoms with Crippen molar-refractivity contribution in [2.24, 2.45) is 0 Å². The summed E-state index contributed by atoms with van der Waals surface area (Å²) in [5, 5.41) is 6.98. The Labute approximate surface area is 119 Å². The molecule has 0 unspecified atom stereocenters. The lowest BCUT2D eigenvalue weighted by Crippen LogP contribution is -2.38. The molecule has 1 aromatic rings. The molecule has 0 heterocycles. The summed E-state index contributed by atoms with van der Waals surface area (Å²) in [6, 6.07) is 8.29. The van der Waals surface area contributed by atoms with Crippen LogP contribution in [-0.4, -0.2) is 25.0 Å². The Bertz CT molecular complexity index is 416. The van der Waals surface area contributed by atoms with Crippen LogP contribution in [0.2, 0.25) is 5.02 Å². The highest BCUT2D eigenvalue weighted by atomic mass is 35.5. The van der Waals surface area contributed by atoms with Crippen LogP contribution < -0.4 is 10.6 Å². The SMILES string of the molecule is O=C(CNC1CCCC1)NCCc1cccc(Cl)c1. The monoisotopic (exact) mass is 280 g/mol. The number of hydrogen-bond acceptors (Lipinski definition) is 2. The molecule has 0 atom stereocenters. The number of benzene rings is 1. The second-order valence-corrected chi connectivity index (χ2v) is 5.53. The number of halogens is 1. The fourth-order valence-corrected chi connectivity index (χ4v) is 2.68. The molecule has 4 heteroatoms. The molecule has 2 rings (SSSR count). The summed E-state index contributed by atoms with van der Waals surface area (Å²) in [5.74, 6) is 0.0777. The summed E-state index contributed by atoms with van der Waals surface area (Å²) in [6.07, 6.45) is 5.80. The number of nitrogens with one attached hydrogen (secondary N) is 2. The zero-order valence-corrected chi connectivity index (χ0v) is 11.9. The highest BCUT2D eigenvalue weighted by Gasteiger charge is 2.14. The van der Waals surface area contributed by atoms with Crippen LogP contribution in [0.15, 0.2) is 24.3 Å². The molecule has 1 amide bonds. The van der Waals surface area contributed by atoms with Crippen molar-refractivity contribution in [2.75, 3.05) is 13.1 Å². The van der Waals surface area contributed by atoms with Crippen LogP contribution in [0.25, 0.3) is 0 Å². The quantitative estimate of drug-likeness (QED) is 0.841. The van der Waals surface area contributed by atoms with E-state index in [9.17, 15) is 4.79 Å². The number of carbonyl (C=O) groups excluding carboxylic acids is 1. The van der Waals surface area contributed by atoms with Crippen LogP contribution in [0, 0.1) is 0 Å². The van der Waals surface area contributed by atoms with Crippen molar-refractivity contribution in [1.29, 1.82) is 0 Å². The van der Waals surface area contributed by atoms with Gasteiger partial charge in [0.05, 0.1) is 6.54 Å². The van der Waals surface area contributed by atoms with Gasteiger partial charge >= 0.3 is 0 Å². The van der Waals surface area contributed by atoms with Crippen LogP contribution in [0.5, 0.6) is 0 Å². The highest BCUT2D eigenvalue weighted by Crippen LogP contribution is 2.17. The van der Waals surface area contributed by atoms with Crippen LogP contribution in [-0.2, 0) is 11.2 Å². The molecule has 0 radical (unpaired) electrons. The van der Waals surface area contributed by atoms with E-state index in [0.29, 0.717) is 19.1 Å². The molecule has 19 heavy (non-hydrogen) atoms. The third kappa shape index (κ3) is 5.21. The third-order valence-corrected chi connectivity index (χ3v) is 3.77. The molecule has 0 aromatic heterocycles. The molecule has 0 saturated heterocycles. The number of amides is 1. The van der Waals surface area contributed by atoms with Gasteiger partial charge in [-0.15, -0.1) is 0 Å². The molecule has 0 spiro atoms. The largest absolute Gasteiger partial charge is 0.355 e. The normalized spacial score (nSPS) is 15.6. The van der Waals surface area contributed by atoms with E-state index in [-0.39, 0.29) is 5.91 Å². The lowest BCUT2D eigenvalue weighted by molar-refractivity contribution is -0.120. The zero-order valence-electron chi connectivity index (χ0n) is 11.1. The summed E-state index contributed by atoms with van der Waals surface area (Å²) in [6.45, 7) is 1.09. The zero-order chi connectivity index (χ0) is 13.5. The van der Waals surface area contributed by atoms with Crippen molar-refractivity contribution in [3.05, 3.63) is 34.9 Å². The van der Waals surface area contributed by atoms with Gasteiger partial charge in [0.1, 0.15) is 0 Å². The molecule has 104 valence electrons. The molecular formula is C15H21ClN2O. The highest BCUT2D eigenvalue weighted by molar-refractivity contribution is 6.30. The first-order valence-electron chi connectivity index (χ1n) is 6.98. The van der Waals surface area contributed by atoms with E-state index in [1.54, 1.807) is 0 Å². The van der Waals surface area contributed by atoms with Gasteiger partial charge in [0.25, 0.3) is 0 Å². The molecular weight excluding hydrogens is 260 g/mol. The molecule has 0 aliphatic heterocycles. The molecule has 1 aromatic carbocycles. The Kier molecular flexibility index (Phi) is 5.67. The molecule has 1 aliphatic rings. The molecule has 1 saturated carbocycles. The van der Waals surface area contributed by atoms with E-state index in [4.69, 9.17) is 11.6 Å². The lowest BCUT2D eigenvalue weighted by atomic mass is 10.1. The maximum absolute atomic E-state index is 11.7. The van der Waals surface area contributed by atoms with E-state index < -0.39 is 0 Å². The second kappa shape index (κ2) is 7.51. The van der Waals surface area contributed by atoms with Gasteiger partial charge in [-0.05, 0) is 37.0 Å². The van der Waals surface area contributed by atoms with Gasteiger partial charge in [0.2, 0.25) is 5.91 Å². The van der Waals surface area contributed by atoms with Crippen molar-refractivity contribution < 1.29 is 4.79 Å². The lowest BCUT2D eigenvalue weighted by Gasteiger charge is -2.11. The Morgan fingerprint density at radius 3 is 2.84 bits per heavy atom. The molecule has 3 nitrogen and oxygen atoms in total.